The Morgan fingerprint density at radius 3 is 2.95 bits per heavy atom. The summed E-state index contributed by atoms with van der Waals surface area (Å²) in [5, 5.41) is 10.2. The molecule has 0 aliphatic heterocycles. The van der Waals surface area contributed by atoms with Crippen molar-refractivity contribution in [3.8, 4) is 0 Å². The number of fused-ring (bicyclic) bond motifs is 1. The van der Waals surface area contributed by atoms with Crippen molar-refractivity contribution < 1.29 is 4.79 Å². The minimum Gasteiger partial charge on any atom is -0.361 e. The summed E-state index contributed by atoms with van der Waals surface area (Å²) in [4.78, 5) is 16.2. The summed E-state index contributed by atoms with van der Waals surface area (Å²) in [6.07, 6.45) is 3.65. The molecule has 0 bridgehead atoms. The minimum absolute atomic E-state index is 0.0332. The van der Waals surface area contributed by atoms with Crippen molar-refractivity contribution in [3.63, 3.8) is 0 Å². The Balaban J connectivity index is 2.15. The molecule has 6 heteroatoms. The predicted molar refractivity (Wildman–Crippen MR) is 78.8 cm³/mol. The van der Waals surface area contributed by atoms with E-state index in [4.69, 9.17) is 0 Å². The van der Waals surface area contributed by atoms with Gasteiger partial charge in [-0.2, -0.15) is 9.61 Å². The monoisotopic (exact) mass is 275 g/mol. The SMILES string of the molecule is CCCc1cc(NCC(=O)NC(C)C)n2nccc2n1. The molecular formula is C14H21N5O. The van der Waals surface area contributed by atoms with E-state index in [0.717, 1.165) is 30.0 Å². The number of hydrogen-bond donors (Lipinski definition) is 2. The Hall–Kier alpha value is -2.11. The molecule has 2 heterocycles. The molecule has 0 aliphatic carbocycles. The Morgan fingerprint density at radius 2 is 2.25 bits per heavy atom. The number of nitrogens with zero attached hydrogens (tertiary/aromatic N) is 3. The first-order valence-electron chi connectivity index (χ1n) is 6.97. The maximum absolute atomic E-state index is 11.7. The lowest BCUT2D eigenvalue weighted by Gasteiger charge is -2.12. The zero-order valence-corrected chi connectivity index (χ0v) is 12.2. The van der Waals surface area contributed by atoms with Gasteiger partial charge in [-0.3, -0.25) is 4.79 Å². The first-order valence-corrected chi connectivity index (χ1v) is 6.97. The third kappa shape index (κ3) is 3.46. The van der Waals surface area contributed by atoms with Crippen LogP contribution in [0.25, 0.3) is 5.65 Å². The lowest BCUT2D eigenvalue weighted by molar-refractivity contribution is -0.119. The number of hydrogen-bond acceptors (Lipinski definition) is 4. The van der Waals surface area contributed by atoms with Crippen molar-refractivity contribution in [2.24, 2.45) is 0 Å². The van der Waals surface area contributed by atoms with Crippen molar-refractivity contribution in [2.45, 2.75) is 39.7 Å². The summed E-state index contributed by atoms with van der Waals surface area (Å²) in [6, 6.07) is 3.95. The molecule has 108 valence electrons. The lowest BCUT2D eigenvalue weighted by Crippen LogP contribution is -2.35. The number of nitrogens with one attached hydrogen (secondary N) is 2. The molecule has 0 aromatic carbocycles. The van der Waals surface area contributed by atoms with Crippen LogP contribution in [0.2, 0.25) is 0 Å². The average molecular weight is 275 g/mol. The molecule has 0 unspecified atom stereocenters. The van der Waals surface area contributed by atoms with Crippen LogP contribution >= 0.6 is 0 Å². The molecule has 0 fully saturated rings. The normalized spacial score (nSPS) is 11.0. The molecular weight excluding hydrogens is 254 g/mol. The highest BCUT2D eigenvalue weighted by Crippen LogP contribution is 2.13. The highest BCUT2D eigenvalue weighted by atomic mass is 16.1. The van der Waals surface area contributed by atoms with Crippen LogP contribution in [0.15, 0.2) is 18.3 Å². The van der Waals surface area contributed by atoms with E-state index in [1.807, 2.05) is 26.0 Å². The Bertz CT molecular complexity index is 590. The van der Waals surface area contributed by atoms with Gasteiger partial charge in [0.15, 0.2) is 5.65 Å². The van der Waals surface area contributed by atoms with Gasteiger partial charge >= 0.3 is 0 Å². The first-order chi connectivity index (χ1) is 9.60. The molecule has 2 aromatic heterocycles. The van der Waals surface area contributed by atoms with Crippen LogP contribution in [0.4, 0.5) is 5.82 Å². The number of carbonyl (C=O) groups excluding carboxylic acids is 1. The summed E-state index contributed by atoms with van der Waals surface area (Å²) in [5.41, 5.74) is 1.80. The molecule has 0 spiro atoms. The largest absolute Gasteiger partial charge is 0.361 e. The maximum Gasteiger partial charge on any atom is 0.239 e. The second-order valence-electron chi connectivity index (χ2n) is 5.06. The molecule has 0 aliphatic rings. The van der Waals surface area contributed by atoms with E-state index >= 15 is 0 Å². The van der Waals surface area contributed by atoms with Gasteiger partial charge in [-0.15, -0.1) is 0 Å². The number of aryl methyl sites for hydroxylation is 1. The topological polar surface area (TPSA) is 71.3 Å². The summed E-state index contributed by atoms with van der Waals surface area (Å²) in [5.74, 6) is 0.761. The van der Waals surface area contributed by atoms with Crippen LogP contribution in [-0.2, 0) is 11.2 Å². The van der Waals surface area contributed by atoms with Crippen molar-refractivity contribution in [3.05, 3.63) is 24.0 Å². The fourth-order valence-electron chi connectivity index (χ4n) is 2.02. The van der Waals surface area contributed by atoms with E-state index in [9.17, 15) is 4.79 Å². The number of rotatable bonds is 6. The van der Waals surface area contributed by atoms with Crippen molar-refractivity contribution in [1.29, 1.82) is 0 Å². The van der Waals surface area contributed by atoms with Crippen molar-refractivity contribution in [1.82, 2.24) is 19.9 Å². The van der Waals surface area contributed by atoms with Crippen LogP contribution < -0.4 is 10.6 Å². The quantitative estimate of drug-likeness (QED) is 0.840. The van der Waals surface area contributed by atoms with Gasteiger partial charge in [-0.25, -0.2) is 4.98 Å². The zero-order valence-electron chi connectivity index (χ0n) is 12.2. The number of aromatic nitrogens is 3. The second kappa shape index (κ2) is 6.36. The molecule has 6 nitrogen and oxygen atoms in total. The average Bonchev–Trinajstić information content (AvgIpc) is 2.83. The van der Waals surface area contributed by atoms with E-state index in [-0.39, 0.29) is 18.5 Å². The highest BCUT2D eigenvalue weighted by molar-refractivity contribution is 5.80. The Kier molecular flexibility index (Phi) is 4.55. The van der Waals surface area contributed by atoms with E-state index in [0.29, 0.717) is 0 Å². The first kappa shape index (κ1) is 14.3. The molecule has 2 N–H and O–H groups in total. The van der Waals surface area contributed by atoms with Crippen LogP contribution in [0.3, 0.4) is 0 Å². The summed E-state index contributed by atoms with van der Waals surface area (Å²) < 4.78 is 1.71. The van der Waals surface area contributed by atoms with Gasteiger partial charge in [0, 0.05) is 23.9 Å². The predicted octanol–water partition coefficient (Wildman–Crippen LogP) is 1.62. The number of amides is 1. The van der Waals surface area contributed by atoms with Gasteiger partial charge in [0.05, 0.1) is 12.7 Å². The van der Waals surface area contributed by atoms with Gasteiger partial charge in [-0.1, -0.05) is 13.3 Å². The molecule has 1 amide bonds. The standard InChI is InChI=1S/C14H21N5O/c1-4-5-11-8-13(15-9-14(20)17-10(2)3)19-12(18-11)6-7-16-19/h6-8,10,15H,4-5,9H2,1-3H3,(H,17,20). The van der Waals surface area contributed by atoms with Crippen molar-refractivity contribution >= 4 is 17.4 Å². The van der Waals surface area contributed by atoms with Gasteiger partial charge in [-0.05, 0) is 20.3 Å². The zero-order chi connectivity index (χ0) is 14.5. The lowest BCUT2D eigenvalue weighted by atomic mass is 10.2. The van der Waals surface area contributed by atoms with Gasteiger partial charge in [0.2, 0.25) is 5.91 Å². The Labute approximate surface area is 118 Å². The van der Waals surface area contributed by atoms with E-state index in [1.165, 1.54) is 0 Å². The molecule has 2 aromatic rings. The van der Waals surface area contributed by atoms with Crippen LogP contribution in [0.1, 0.15) is 32.9 Å². The molecule has 0 saturated heterocycles. The molecule has 0 atom stereocenters. The number of carbonyl (C=O) groups is 1. The summed E-state index contributed by atoms with van der Waals surface area (Å²) >= 11 is 0. The Morgan fingerprint density at radius 1 is 1.45 bits per heavy atom. The van der Waals surface area contributed by atoms with Gasteiger partial charge in [0.1, 0.15) is 5.82 Å². The third-order valence-corrected chi connectivity index (χ3v) is 2.80. The van der Waals surface area contributed by atoms with E-state index < -0.39 is 0 Å². The highest BCUT2D eigenvalue weighted by Gasteiger charge is 2.08. The van der Waals surface area contributed by atoms with Crippen LogP contribution in [0.5, 0.6) is 0 Å². The van der Waals surface area contributed by atoms with E-state index in [1.54, 1.807) is 10.7 Å². The molecule has 2 rings (SSSR count). The smallest absolute Gasteiger partial charge is 0.239 e. The van der Waals surface area contributed by atoms with Gasteiger partial charge in [0.25, 0.3) is 0 Å². The van der Waals surface area contributed by atoms with Crippen LogP contribution in [-0.4, -0.2) is 33.1 Å². The fraction of sp³-hybridized carbons (Fsp3) is 0.500. The number of anilines is 1. The minimum atomic E-state index is -0.0332. The summed E-state index contributed by atoms with van der Waals surface area (Å²) in [6.45, 7) is 6.22. The summed E-state index contributed by atoms with van der Waals surface area (Å²) in [7, 11) is 0. The fourth-order valence-corrected chi connectivity index (χ4v) is 2.02. The molecule has 0 radical (unpaired) electrons. The third-order valence-electron chi connectivity index (χ3n) is 2.80. The molecule has 0 saturated carbocycles. The van der Waals surface area contributed by atoms with Crippen molar-refractivity contribution in [2.75, 3.05) is 11.9 Å². The van der Waals surface area contributed by atoms with Gasteiger partial charge < -0.3 is 10.6 Å². The molecule has 20 heavy (non-hydrogen) atoms. The maximum atomic E-state index is 11.7. The second-order valence-corrected chi connectivity index (χ2v) is 5.06. The van der Waals surface area contributed by atoms with E-state index in [2.05, 4.69) is 27.6 Å². The van der Waals surface area contributed by atoms with Crippen LogP contribution in [0, 0.1) is 0 Å².